The van der Waals surface area contributed by atoms with Crippen molar-refractivity contribution in [3.05, 3.63) is 29.8 Å². The van der Waals surface area contributed by atoms with E-state index in [9.17, 15) is 13.2 Å². The van der Waals surface area contributed by atoms with E-state index in [1.165, 1.54) is 0 Å². The van der Waals surface area contributed by atoms with Gasteiger partial charge in [0.25, 0.3) is 0 Å². The van der Waals surface area contributed by atoms with Crippen molar-refractivity contribution in [2.45, 2.75) is 25.7 Å². The molecule has 1 atom stereocenters. The zero-order valence-electron chi connectivity index (χ0n) is 10.8. The number of sulfonamides is 1. The van der Waals surface area contributed by atoms with E-state index in [-0.39, 0.29) is 5.75 Å². The number of benzene rings is 1. The van der Waals surface area contributed by atoms with Crippen LogP contribution in [0.4, 0.5) is 5.69 Å². The van der Waals surface area contributed by atoms with Crippen LogP contribution >= 0.6 is 0 Å². The molecule has 0 saturated heterocycles. The number of anilines is 1. The van der Waals surface area contributed by atoms with Gasteiger partial charge in [-0.1, -0.05) is 25.1 Å². The first kappa shape index (κ1) is 13.9. The normalized spacial score (nSPS) is 18.3. The Morgan fingerprint density at radius 2 is 2.16 bits per heavy atom. The Balaban J connectivity index is 2.18. The molecule has 0 spiro atoms. The van der Waals surface area contributed by atoms with E-state index < -0.39 is 21.8 Å². The topological polar surface area (TPSA) is 75.3 Å². The number of carbonyl (C=O) groups is 1. The van der Waals surface area contributed by atoms with Crippen molar-refractivity contribution in [3.8, 4) is 0 Å². The number of amides is 1. The third-order valence-corrected chi connectivity index (χ3v) is 4.59. The summed E-state index contributed by atoms with van der Waals surface area (Å²) in [4.78, 5) is 12.1. The summed E-state index contributed by atoms with van der Waals surface area (Å²) in [6.07, 6.45) is 1.09. The number of carbonyl (C=O) groups excluding carboxylic acids is 1. The third kappa shape index (κ3) is 3.26. The molecule has 0 radical (unpaired) electrons. The molecule has 0 saturated carbocycles. The van der Waals surface area contributed by atoms with Gasteiger partial charge in [0.15, 0.2) is 0 Å². The van der Waals surface area contributed by atoms with E-state index in [4.69, 9.17) is 0 Å². The fraction of sp³-hybridized carbons (Fsp3) is 0.462. The summed E-state index contributed by atoms with van der Waals surface area (Å²) < 4.78 is 25.5. The molecule has 2 N–H and O–H groups in total. The summed E-state index contributed by atoms with van der Waals surface area (Å²) in [5, 5.41) is 3.21. The Kier molecular flexibility index (Phi) is 4.09. The van der Waals surface area contributed by atoms with Crippen LogP contribution in [-0.2, 0) is 14.8 Å². The van der Waals surface area contributed by atoms with Crippen LogP contribution < -0.4 is 10.0 Å². The second kappa shape index (κ2) is 5.61. The Bertz CT molecular complexity index is 569. The molecule has 1 aliphatic heterocycles. The van der Waals surface area contributed by atoms with Crippen molar-refractivity contribution in [1.82, 2.24) is 4.72 Å². The summed E-state index contributed by atoms with van der Waals surface area (Å²) in [5.41, 5.74) is 1.76. The summed E-state index contributed by atoms with van der Waals surface area (Å²) in [6, 6.07) is 7.50. The zero-order valence-corrected chi connectivity index (χ0v) is 11.7. The van der Waals surface area contributed by atoms with Gasteiger partial charge < -0.3 is 5.32 Å². The molecule has 0 bridgehead atoms. The highest BCUT2D eigenvalue weighted by atomic mass is 32.2. The fourth-order valence-electron chi connectivity index (χ4n) is 2.29. The largest absolute Gasteiger partial charge is 0.385 e. The lowest BCUT2D eigenvalue weighted by Crippen LogP contribution is -2.38. The molecule has 104 valence electrons. The number of rotatable bonds is 4. The van der Waals surface area contributed by atoms with Crippen molar-refractivity contribution < 1.29 is 13.2 Å². The molecule has 1 aromatic carbocycles. The van der Waals surface area contributed by atoms with Crippen molar-refractivity contribution in [3.63, 3.8) is 0 Å². The van der Waals surface area contributed by atoms with Crippen molar-refractivity contribution in [2.75, 3.05) is 17.6 Å². The molecule has 0 aliphatic carbocycles. The molecular formula is C13H18N2O3S. The van der Waals surface area contributed by atoms with E-state index in [1.54, 1.807) is 6.92 Å². The van der Waals surface area contributed by atoms with Crippen LogP contribution in [0, 0.1) is 0 Å². The van der Waals surface area contributed by atoms with Gasteiger partial charge in [0, 0.05) is 12.2 Å². The average Bonchev–Trinajstić information content (AvgIpc) is 2.37. The Morgan fingerprint density at radius 1 is 1.42 bits per heavy atom. The molecule has 6 heteroatoms. The molecule has 0 aromatic heterocycles. The average molecular weight is 282 g/mol. The van der Waals surface area contributed by atoms with Crippen LogP contribution in [-0.4, -0.2) is 26.6 Å². The quantitative estimate of drug-likeness (QED) is 0.876. The van der Waals surface area contributed by atoms with Crippen molar-refractivity contribution in [2.24, 2.45) is 0 Å². The molecule has 5 nitrogen and oxygen atoms in total. The van der Waals surface area contributed by atoms with Crippen LogP contribution in [0.15, 0.2) is 24.3 Å². The van der Waals surface area contributed by atoms with Gasteiger partial charge in [-0.05, 0) is 24.5 Å². The van der Waals surface area contributed by atoms with E-state index in [2.05, 4.69) is 10.0 Å². The van der Waals surface area contributed by atoms with Crippen molar-refractivity contribution >= 4 is 21.6 Å². The third-order valence-electron chi connectivity index (χ3n) is 3.13. The molecule has 1 aliphatic rings. The molecule has 1 amide bonds. The van der Waals surface area contributed by atoms with Crippen LogP contribution in [0.25, 0.3) is 0 Å². The number of hydrogen-bond donors (Lipinski definition) is 2. The molecular weight excluding hydrogens is 264 g/mol. The first-order valence-corrected chi connectivity index (χ1v) is 8.06. The van der Waals surface area contributed by atoms with Gasteiger partial charge >= 0.3 is 0 Å². The predicted molar refractivity (Wildman–Crippen MR) is 74.5 cm³/mol. The van der Waals surface area contributed by atoms with Crippen LogP contribution in [0.2, 0.25) is 0 Å². The Morgan fingerprint density at radius 3 is 2.89 bits per heavy atom. The first-order valence-electron chi connectivity index (χ1n) is 6.40. The fourth-order valence-corrected chi connectivity index (χ4v) is 3.37. The first-order chi connectivity index (χ1) is 9.03. The van der Waals surface area contributed by atoms with Crippen molar-refractivity contribution in [1.29, 1.82) is 0 Å². The minimum Gasteiger partial charge on any atom is -0.385 e. The monoisotopic (exact) mass is 282 g/mol. The molecule has 1 heterocycles. The summed E-state index contributed by atoms with van der Waals surface area (Å²) in [7, 11) is -3.50. The van der Waals surface area contributed by atoms with Crippen LogP contribution in [0.5, 0.6) is 0 Å². The Labute approximate surface area is 113 Å². The summed E-state index contributed by atoms with van der Waals surface area (Å²) in [6.45, 7) is 2.44. The standard InChI is InChI=1S/C13H18N2O3S/c1-2-9-19(17,18)15-13(16)11-7-8-14-12-6-4-3-5-10(11)12/h3-6,11,14H,2,7-9H2,1H3,(H,15,16). The molecule has 0 fully saturated rings. The maximum absolute atomic E-state index is 12.1. The number of para-hydroxylation sites is 1. The lowest BCUT2D eigenvalue weighted by molar-refractivity contribution is -0.120. The minimum atomic E-state index is -3.50. The molecule has 1 aromatic rings. The van der Waals surface area contributed by atoms with E-state index in [0.29, 0.717) is 19.4 Å². The molecule has 2 rings (SSSR count). The predicted octanol–water partition coefficient (Wildman–Crippen LogP) is 1.44. The highest BCUT2D eigenvalue weighted by Gasteiger charge is 2.28. The van der Waals surface area contributed by atoms with Gasteiger partial charge in [-0.2, -0.15) is 0 Å². The van der Waals surface area contributed by atoms with Gasteiger partial charge in [-0.15, -0.1) is 0 Å². The molecule has 19 heavy (non-hydrogen) atoms. The number of hydrogen-bond acceptors (Lipinski definition) is 4. The van der Waals surface area contributed by atoms with Gasteiger partial charge in [0.2, 0.25) is 15.9 Å². The van der Waals surface area contributed by atoms with E-state index in [0.717, 1.165) is 11.3 Å². The van der Waals surface area contributed by atoms with Gasteiger partial charge in [0.05, 0.1) is 11.7 Å². The highest BCUT2D eigenvalue weighted by Crippen LogP contribution is 2.31. The highest BCUT2D eigenvalue weighted by molar-refractivity contribution is 7.90. The lowest BCUT2D eigenvalue weighted by Gasteiger charge is -2.25. The number of fused-ring (bicyclic) bond motifs is 1. The van der Waals surface area contributed by atoms with Crippen LogP contribution in [0.1, 0.15) is 31.2 Å². The second-order valence-electron chi connectivity index (χ2n) is 4.64. The maximum Gasteiger partial charge on any atom is 0.241 e. The van der Waals surface area contributed by atoms with Gasteiger partial charge in [-0.3, -0.25) is 9.52 Å². The Hall–Kier alpha value is -1.56. The second-order valence-corrected chi connectivity index (χ2v) is 6.48. The minimum absolute atomic E-state index is 0.0225. The molecule has 1 unspecified atom stereocenters. The van der Waals surface area contributed by atoms with E-state index in [1.807, 2.05) is 24.3 Å². The smallest absolute Gasteiger partial charge is 0.241 e. The number of nitrogens with one attached hydrogen (secondary N) is 2. The zero-order chi connectivity index (χ0) is 13.9. The summed E-state index contributed by atoms with van der Waals surface area (Å²) in [5.74, 6) is -0.850. The van der Waals surface area contributed by atoms with Gasteiger partial charge in [-0.25, -0.2) is 8.42 Å². The van der Waals surface area contributed by atoms with Crippen LogP contribution in [0.3, 0.4) is 0 Å². The van der Waals surface area contributed by atoms with Gasteiger partial charge in [0.1, 0.15) is 0 Å². The lowest BCUT2D eigenvalue weighted by atomic mass is 9.90. The van der Waals surface area contributed by atoms with E-state index >= 15 is 0 Å². The SMILES string of the molecule is CCCS(=O)(=O)NC(=O)C1CCNc2ccccc21. The summed E-state index contributed by atoms with van der Waals surface area (Å²) >= 11 is 0. The maximum atomic E-state index is 12.1.